The number of imide groups is 1. The van der Waals surface area contributed by atoms with Crippen LogP contribution < -0.4 is 9.64 Å². The van der Waals surface area contributed by atoms with E-state index in [2.05, 4.69) is 41.0 Å². The van der Waals surface area contributed by atoms with Crippen LogP contribution in [-0.2, 0) is 11.4 Å². The largest absolute Gasteiger partial charge is 0.489 e. The summed E-state index contributed by atoms with van der Waals surface area (Å²) in [7, 11) is 0. The van der Waals surface area contributed by atoms with Gasteiger partial charge in [-0.2, -0.15) is 0 Å². The number of amides is 2. The summed E-state index contributed by atoms with van der Waals surface area (Å²) in [6.45, 7) is 6.26. The highest BCUT2D eigenvalue weighted by atomic mass is 32.2. The zero-order valence-corrected chi connectivity index (χ0v) is 21.1. The van der Waals surface area contributed by atoms with E-state index in [9.17, 15) is 9.59 Å². The molecule has 0 radical (unpaired) electrons. The van der Waals surface area contributed by atoms with Crippen molar-refractivity contribution in [2.24, 2.45) is 0 Å². The molecule has 0 N–H and O–H groups in total. The van der Waals surface area contributed by atoms with E-state index in [0.29, 0.717) is 18.2 Å². The number of anilines is 1. The molecule has 0 aromatic heterocycles. The maximum Gasteiger partial charge on any atom is 0.294 e. The Balaban J connectivity index is 1.15. The number of thioether (sulfide) groups is 1. The van der Waals surface area contributed by atoms with E-state index < -0.39 is 0 Å². The van der Waals surface area contributed by atoms with Crippen molar-refractivity contribution in [1.29, 1.82) is 0 Å². The van der Waals surface area contributed by atoms with E-state index >= 15 is 0 Å². The number of hydrogen-bond donors (Lipinski definition) is 0. The molecule has 2 aliphatic rings. The molecule has 0 saturated carbocycles. The summed E-state index contributed by atoms with van der Waals surface area (Å²) >= 11 is 1.01. The van der Waals surface area contributed by atoms with Crippen molar-refractivity contribution in [1.82, 2.24) is 9.80 Å². The van der Waals surface area contributed by atoms with Crippen LogP contribution in [0, 0.1) is 6.92 Å². The van der Waals surface area contributed by atoms with Gasteiger partial charge in [0.1, 0.15) is 12.4 Å². The van der Waals surface area contributed by atoms with Crippen LogP contribution in [0.25, 0.3) is 6.08 Å². The van der Waals surface area contributed by atoms with Gasteiger partial charge in [0.05, 0.1) is 11.6 Å². The molecule has 6 nitrogen and oxygen atoms in total. The Kier molecular flexibility index (Phi) is 7.39. The molecule has 2 aliphatic heterocycles. The molecule has 2 saturated heterocycles. The minimum absolute atomic E-state index is 0.213. The molecule has 5 rings (SSSR count). The van der Waals surface area contributed by atoms with E-state index in [-0.39, 0.29) is 11.1 Å². The van der Waals surface area contributed by atoms with Crippen molar-refractivity contribution in [3.05, 3.63) is 100 Å². The van der Waals surface area contributed by atoms with Gasteiger partial charge < -0.3 is 9.64 Å². The third kappa shape index (κ3) is 5.80. The number of carbonyl (C=O) groups is 2. The van der Waals surface area contributed by atoms with Crippen molar-refractivity contribution in [3.63, 3.8) is 0 Å². The highest BCUT2D eigenvalue weighted by molar-refractivity contribution is 8.18. The monoisotopic (exact) mass is 499 g/mol. The molecule has 2 amide bonds. The predicted octanol–water partition coefficient (Wildman–Crippen LogP) is 5.39. The molecule has 2 heterocycles. The molecule has 0 atom stereocenters. The standard InChI is InChI=1S/C29H29N3O3S/c1-22-7-11-25(12-8-22)31-17-15-30(16-18-31)21-32-28(33)27(36-29(32)34)19-23-9-13-26(14-10-23)35-20-24-5-3-2-4-6-24/h2-14,19H,15-18,20-21H2,1H3/b27-19+. The Morgan fingerprint density at radius 3 is 2.25 bits per heavy atom. The minimum Gasteiger partial charge on any atom is -0.489 e. The normalized spacial score (nSPS) is 17.8. The van der Waals surface area contributed by atoms with Crippen molar-refractivity contribution < 1.29 is 14.3 Å². The highest BCUT2D eigenvalue weighted by Gasteiger charge is 2.36. The molecule has 3 aromatic carbocycles. The summed E-state index contributed by atoms with van der Waals surface area (Å²) in [6.07, 6.45) is 1.78. The lowest BCUT2D eigenvalue weighted by molar-refractivity contribution is -0.124. The van der Waals surface area contributed by atoms with Gasteiger partial charge in [-0.15, -0.1) is 0 Å². The van der Waals surface area contributed by atoms with Gasteiger partial charge in [0.15, 0.2) is 0 Å². The average molecular weight is 500 g/mol. The van der Waals surface area contributed by atoms with E-state index in [0.717, 1.165) is 54.8 Å². The fraction of sp³-hybridized carbons (Fsp3) is 0.241. The lowest BCUT2D eigenvalue weighted by atomic mass is 10.2. The second-order valence-electron chi connectivity index (χ2n) is 9.04. The zero-order valence-electron chi connectivity index (χ0n) is 20.3. The predicted molar refractivity (Wildman–Crippen MR) is 145 cm³/mol. The summed E-state index contributed by atoms with van der Waals surface area (Å²) in [5.41, 5.74) is 4.43. The van der Waals surface area contributed by atoms with Gasteiger partial charge in [-0.3, -0.25) is 19.4 Å². The number of benzene rings is 3. The maximum atomic E-state index is 13.0. The first kappa shape index (κ1) is 24.2. The molecule has 36 heavy (non-hydrogen) atoms. The van der Waals surface area contributed by atoms with Crippen LogP contribution in [0.3, 0.4) is 0 Å². The second-order valence-corrected chi connectivity index (χ2v) is 10.0. The fourth-order valence-electron chi connectivity index (χ4n) is 4.28. The van der Waals surface area contributed by atoms with Crippen molar-refractivity contribution >= 4 is 34.7 Å². The summed E-state index contributed by atoms with van der Waals surface area (Å²) in [5, 5.41) is -0.213. The Morgan fingerprint density at radius 1 is 0.861 bits per heavy atom. The van der Waals surface area contributed by atoms with Gasteiger partial charge in [0.2, 0.25) is 0 Å². The van der Waals surface area contributed by atoms with Crippen LogP contribution >= 0.6 is 11.8 Å². The Labute approximate surface area is 216 Å². The van der Waals surface area contributed by atoms with E-state index in [1.807, 2.05) is 54.6 Å². The lowest BCUT2D eigenvalue weighted by Crippen LogP contribution is -2.50. The molecule has 0 bridgehead atoms. The molecule has 0 aliphatic carbocycles. The number of aryl methyl sites for hydroxylation is 1. The van der Waals surface area contributed by atoms with Gasteiger partial charge in [0, 0.05) is 31.9 Å². The molecule has 0 spiro atoms. The quantitative estimate of drug-likeness (QED) is 0.406. The fourth-order valence-corrected chi connectivity index (χ4v) is 5.11. The van der Waals surface area contributed by atoms with Gasteiger partial charge >= 0.3 is 0 Å². The van der Waals surface area contributed by atoms with Gasteiger partial charge in [0.25, 0.3) is 11.1 Å². The van der Waals surface area contributed by atoms with Crippen LogP contribution in [0.15, 0.2) is 83.8 Å². The maximum absolute atomic E-state index is 13.0. The number of rotatable bonds is 7. The molecule has 7 heteroatoms. The number of nitrogens with zero attached hydrogens (tertiary/aromatic N) is 3. The summed E-state index contributed by atoms with van der Waals surface area (Å²) in [6, 6.07) is 26.1. The number of piperazine rings is 1. The van der Waals surface area contributed by atoms with Gasteiger partial charge in [-0.25, -0.2) is 0 Å². The van der Waals surface area contributed by atoms with E-state index in [1.165, 1.54) is 16.2 Å². The topological polar surface area (TPSA) is 53.1 Å². The van der Waals surface area contributed by atoms with Crippen LogP contribution in [0.1, 0.15) is 16.7 Å². The van der Waals surface area contributed by atoms with Crippen molar-refractivity contribution in [2.45, 2.75) is 13.5 Å². The molecule has 0 unspecified atom stereocenters. The van der Waals surface area contributed by atoms with Crippen LogP contribution in [0.5, 0.6) is 5.75 Å². The molecule has 2 fully saturated rings. The average Bonchev–Trinajstić information content (AvgIpc) is 3.17. The Hall–Kier alpha value is -3.55. The smallest absolute Gasteiger partial charge is 0.294 e. The summed E-state index contributed by atoms with van der Waals surface area (Å²) < 4.78 is 5.83. The van der Waals surface area contributed by atoms with Crippen LogP contribution in [-0.4, -0.2) is 53.8 Å². The lowest BCUT2D eigenvalue weighted by Gasteiger charge is -2.37. The second kappa shape index (κ2) is 11.0. The van der Waals surface area contributed by atoms with Gasteiger partial charge in [-0.1, -0.05) is 60.2 Å². The van der Waals surface area contributed by atoms with Crippen LogP contribution in [0.4, 0.5) is 10.5 Å². The van der Waals surface area contributed by atoms with Crippen molar-refractivity contribution in [3.8, 4) is 5.75 Å². The van der Waals surface area contributed by atoms with Gasteiger partial charge in [-0.05, 0) is 60.2 Å². The highest BCUT2D eigenvalue weighted by Crippen LogP contribution is 2.33. The summed E-state index contributed by atoms with van der Waals surface area (Å²) in [4.78, 5) is 31.9. The van der Waals surface area contributed by atoms with Crippen LogP contribution in [0.2, 0.25) is 0 Å². The molecule has 3 aromatic rings. The third-order valence-corrected chi connectivity index (χ3v) is 7.32. The third-order valence-electron chi connectivity index (χ3n) is 6.41. The van der Waals surface area contributed by atoms with Crippen molar-refractivity contribution in [2.75, 3.05) is 37.7 Å². The number of hydrogen-bond acceptors (Lipinski definition) is 6. The first-order valence-corrected chi connectivity index (χ1v) is 12.9. The molecular formula is C29H29N3O3S. The zero-order chi connectivity index (χ0) is 24.9. The Morgan fingerprint density at radius 2 is 1.56 bits per heavy atom. The number of ether oxygens (including phenoxy) is 1. The molecule has 184 valence electrons. The SMILES string of the molecule is Cc1ccc(N2CCN(CN3C(=O)S/C(=C/c4ccc(OCc5ccccc5)cc4)C3=O)CC2)cc1. The molecular weight excluding hydrogens is 470 g/mol. The van der Waals surface area contributed by atoms with E-state index in [1.54, 1.807) is 6.08 Å². The van der Waals surface area contributed by atoms with E-state index in [4.69, 9.17) is 4.74 Å². The Bertz CT molecular complexity index is 1240. The minimum atomic E-state index is -0.227. The first-order valence-electron chi connectivity index (χ1n) is 12.1. The number of carbonyl (C=O) groups excluding carboxylic acids is 2. The summed E-state index contributed by atoms with van der Waals surface area (Å²) in [5.74, 6) is 0.532. The first-order chi connectivity index (χ1) is 17.5.